The molecule has 1 aliphatic heterocycles. The molecule has 13 heteroatoms. The van der Waals surface area contributed by atoms with E-state index in [1.165, 1.54) is 11.8 Å². The minimum absolute atomic E-state index is 0.0411. The number of aliphatic hydroxyl groups is 3. The Morgan fingerprint density at radius 1 is 1.30 bits per heavy atom. The predicted octanol–water partition coefficient (Wildman–Crippen LogP) is -3.11. The van der Waals surface area contributed by atoms with Crippen LogP contribution in [0, 0.1) is 0 Å². The van der Waals surface area contributed by atoms with E-state index in [4.69, 9.17) is 15.4 Å². The summed E-state index contributed by atoms with van der Waals surface area (Å²) in [6.07, 6.45) is -3.06. The first-order chi connectivity index (χ1) is 12.3. The van der Waals surface area contributed by atoms with Crippen LogP contribution in [0.1, 0.15) is 13.8 Å². The second-order valence-corrected chi connectivity index (χ2v) is 8.81. The molecule has 158 valence electrons. The van der Waals surface area contributed by atoms with Gasteiger partial charge in [0, 0.05) is 20.0 Å². The Hall–Kier alpha value is -1.11. The number of carbonyl (C=O) groups excluding carboxylic acids is 1. The fourth-order valence-corrected chi connectivity index (χ4v) is 3.81. The maximum atomic E-state index is 12.2. The van der Waals surface area contributed by atoms with E-state index in [0.29, 0.717) is 0 Å². The van der Waals surface area contributed by atoms with Crippen LogP contribution in [-0.4, -0.2) is 104 Å². The highest BCUT2D eigenvalue weighted by atomic mass is 31.2. The third-order valence-electron chi connectivity index (χ3n) is 4.43. The molecule has 1 fully saturated rings. The van der Waals surface area contributed by atoms with Crippen molar-refractivity contribution in [2.75, 3.05) is 32.5 Å². The maximum absolute atomic E-state index is 12.2. The number of nitrogens with one attached hydrogen (secondary N) is 1. The number of rotatable bonds is 10. The Morgan fingerprint density at radius 3 is 2.33 bits per heavy atom. The van der Waals surface area contributed by atoms with Gasteiger partial charge in [-0.15, -0.1) is 0 Å². The number of aliphatic carboxylic acids is 1. The van der Waals surface area contributed by atoms with Crippen LogP contribution < -0.4 is 11.1 Å². The largest absolute Gasteiger partial charge is 0.480 e. The van der Waals surface area contributed by atoms with E-state index in [1.807, 2.05) is 0 Å². The molecule has 0 spiro atoms. The Labute approximate surface area is 156 Å². The summed E-state index contributed by atoms with van der Waals surface area (Å²) in [7, 11) is -4.24. The van der Waals surface area contributed by atoms with Crippen LogP contribution in [0.2, 0.25) is 0 Å². The molecule has 27 heavy (non-hydrogen) atoms. The molecule has 0 aromatic carbocycles. The van der Waals surface area contributed by atoms with Crippen LogP contribution in [0.4, 0.5) is 0 Å². The molecular weight excluding hydrogens is 385 g/mol. The Morgan fingerprint density at radius 2 is 1.85 bits per heavy atom. The summed E-state index contributed by atoms with van der Waals surface area (Å²) in [6.45, 7) is 0.985. The van der Waals surface area contributed by atoms with Crippen LogP contribution in [0.15, 0.2) is 0 Å². The van der Waals surface area contributed by atoms with Crippen LogP contribution in [0.5, 0.6) is 0 Å². The van der Waals surface area contributed by atoms with Gasteiger partial charge < -0.3 is 40.9 Å². The molecule has 0 aromatic heterocycles. The van der Waals surface area contributed by atoms with E-state index in [-0.39, 0.29) is 19.0 Å². The zero-order chi connectivity index (χ0) is 21.0. The van der Waals surface area contributed by atoms with Crippen molar-refractivity contribution in [1.82, 2.24) is 10.2 Å². The highest BCUT2D eigenvalue weighted by Gasteiger charge is 2.47. The number of aliphatic hydroxyl groups excluding tert-OH is 3. The van der Waals surface area contributed by atoms with Crippen molar-refractivity contribution in [3.63, 3.8) is 0 Å². The number of carbonyl (C=O) groups is 2. The third kappa shape index (κ3) is 6.47. The molecule has 0 aromatic rings. The molecule has 12 nitrogen and oxygen atoms in total. The van der Waals surface area contributed by atoms with Crippen LogP contribution in [0.3, 0.4) is 0 Å². The van der Waals surface area contributed by atoms with Gasteiger partial charge in [0.15, 0.2) is 0 Å². The van der Waals surface area contributed by atoms with E-state index >= 15 is 0 Å². The molecule has 8 N–H and O–H groups in total. The highest BCUT2D eigenvalue weighted by molar-refractivity contribution is 7.52. The van der Waals surface area contributed by atoms with Gasteiger partial charge in [0.2, 0.25) is 5.91 Å². The van der Waals surface area contributed by atoms with E-state index in [9.17, 15) is 34.4 Å². The van der Waals surface area contributed by atoms with Crippen LogP contribution in [-0.2, 0) is 18.7 Å². The van der Waals surface area contributed by atoms with Crippen LogP contribution >= 0.6 is 7.60 Å². The summed E-state index contributed by atoms with van der Waals surface area (Å²) < 4.78 is 17.0. The second-order valence-electron chi connectivity index (χ2n) is 6.83. The fraction of sp³-hybridized carbons (Fsp3) is 0.857. The molecular formula is C14H28N3O9P. The van der Waals surface area contributed by atoms with E-state index in [0.717, 1.165) is 6.92 Å². The monoisotopic (exact) mass is 413 g/mol. The molecule has 2 unspecified atom stereocenters. The number of carboxylic acid groups (broad SMARTS) is 1. The van der Waals surface area contributed by atoms with Crippen molar-refractivity contribution in [1.29, 1.82) is 0 Å². The number of nitrogens with two attached hydrogens (primary N) is 1. The predicted molar refractivity (Wildman–Crippen MR) is 92.9 cm³/mol. The third-order valence-corrected chi connectivity index (χ3v) is 5.73. The number of nitrogens with zero attached hydrogens (tertiary/aromatic N) is 1. The summed E-state index contributed by atoms with van der Waals surface area (Å²) in [5, 5.41) is 41.1. The minimum atomic E-state index is -4.24. The molecule has 1 aliphatic rings. The van der Waals surface area contributed by atoms with Crippen molar-refractivity contribution < 1.29 is 44.0 Å². The molecule has 0 saturated carbocycles. The van der Waals surface area contributed by atoms with Gasteiger partial charge in [-0.3, -0.25) is 19.1 Å². The smallest absolute Gasteiger partial charge is 0.329 e. The van der Waals surface area contributed by atoms with E-state index < -0.39 is 62.8 Å². The van der Waals surface area contributed by atoms with E-state index in [2.05, 4.69) is 5.32 Å². The number of hydrogen-bond acceptors (Lipinski definition) is 9. The minimum Gasteiger partial charge on any atom is -0.480 e. The zero-order valence-corrected chi connectivity index (χ0v) is 16.1. The van der Waals surface area contributed by atoms with Crippen molar-refractivity contribution in [2.24, 2.45) is 5.73 Å². The fourth-order valence-electron chi connectivity index (χ4n) is 2.73. The zero-order valence-electron chi connectivity index (χ0n) is 15.2. The van der Waals surface area contributed by atoms with Gasteiger partial charge in [-0.05, 0) is 6.92 Å². The van der Waals surface area contributed by atoms with E-state index in [1.54, 1.807) is 0 Å². The van der Waals surface area contributed by atoms with Gasteiger partial charge >= 0.3 is 13.6 Å². The second kappa shape index (κ2) is 9.39. The number of likely N-dealkylation sites (tertiary alicyclic amines) is 1. The molecule has 0 bridgehead atoms. The number of carboxylic acids is 1. The molecule has 0 radical (unpaired) electrons. The van der Waals surface area contributed by atoms with Crippen molar-refractivity contribution in [3.05, 3.63) is 0 Å². The molecule has 1 rings (SSSR count). The SMILES string of the molecule is CC(=O)NC[C@@H]1[C@@H](O)[C@H](O)[C@@H](CO)N1CCP(=O)(O)OCC(C)(N)C(=O)O. The number of hydrogen-bond donors (Lipinski definition) is 7. The standard InChI is InChI=1S/C14H28N3O9P/c1-8(19)16-5-9-11(20)12(21)10(6-18)17(9)3-4-27(24,25)26-7-14(2,15)13(22)23/h9-12,18,20-21H,3-7,15H2,1-2H3,(H,16,19)(H,22,23)(H,24,25)/t9-,10-,11-,12-,14?/m1/s1. The summed E-state index contributed by atoms with van der Waals surface area (Å²) in [5.41, 5.74) is 3.60. The Bertz CT molecular complexity index is 588. The average molecular weight is 413 g/mol. The van der Waals surface area contributed by atoms with Gasteiger partial charge in [0.25, 0.3) is 0 Å². The molecule has 1 saturated heterocycles. The molecule has 0 aliphatic carbocycles. The first-order valence-corrected chi connectivity index (χ1v) is 10.0. The lowest BCUT2D eigenvalue weighted by Gasteiger charge is -2.30. The normalized spacial score (nSPS) is 30.5. The Kier molecular flexibility index (Phi) is 8.32. The summed E-state index contributed by atoms with van der Waals surface area (Å²) >= 11 is 0. The lowest BCUT2D eigenvalue weighted by molar-refractivity contribution is -0.143. The Balaban J connectivity index is 2.78. The lowest BCUT2D eigenvalue weighted by atomic mass is 10.1. The summed E-state index contributed by atoms with van der Waals surface area (Å²) in [6, 6.07) is -1.70. The van der Waals surface area contributed by atoms with Gasteiger partial charge in [0.05, 0.1) is 43.7 Å². The molecule has 6 atom stereocenters. The first-order valence-electron chi connectivity index (χ1n) is 8.28. The first kappa shape index (κ1) is 23.9. The van der Waals surface area contributed by atoms with Gasteiger partial charge in [0.1, 0.15) is 5.54 Å². The highest BCUT2D eigenvalue weighted by Crippen LogP contribution is 2.43. The van der Waals surface area contributed by atoms with Crippen molar-refractivity contribution >= 4 is 19.5 Å². The number of amides is 1. The molecule has 1 amide bonds. The van der Waals surface area contributed by atoms with Gasteiger partial charge in [-0.25, -0.2) is 0 Å². The average Bonchev–Trinajstić information content (AvgIpc) is 2.79. The summed E-state index contributed by atoms with van der Waals surface area (Å²) in [4.78, 5) is 33.4. The summed E-state index contributed by atoms with van der Waals surface area (Å²) in [5.74, 6) is -1.76. The maximum Gasteiger partial charge on any atom is 0.329 e. The van der Waals surface area contributed by atoms with Crippen molar-refractivity contribution in [2.45, 2.75) is 43.7 Å². The van der Waals surface area contributed by atoms with Crippen molar-refractivity contribution in [3.8, 4) is 0 Å². The topological polar surface area (TPSA) is 203 Å². The van der Waals surface area contributed by atoms with Gasteiger partial charge in [-0.2, -0.15) is 0 Å². The molecule has 1 heterocycles. The quantitative estimate of drug-likeness (QED) is 0.179. The van der Waals surface area contributed by atoms with Gasteiger partial charge in [-0.1, -0.05) is 0 Å². The van der Waals surface area contributed by atoms with Crippen LogP contribution in [0.25, 0.3) is 0 Å². The lowest BCUT2D eigenvalue weighted by Crippen LogP contribution is -2.49.